The second-order valence-corrected chi connectivity index (χ2v) is 7.57. The summed E-state index contributed by atoms with van der Waals surface area (Å²) in [5.74, 6) is 0. The molecule has 1 fully saturated rings. The summed E-state index contributed by atoms with van der Waals surface area (Å²) in [6.07, 6.45) is -2.12. The fourth-order valence-corrected chi connectivity index (χ4v) is 3.97. The third-order valence-corrected chi connectivity index (χ3v) is 5.53. The molecule has 9 heteroatoms. The minimum absolute atomic E-state index is 0.0207. The number of nitrogens with zero attached hydrogens (tertiary/aromatic N) is 3. The zero-order valence-electron chi connectivity index (χ0n) is 15.6. The van der Waals surface area contributed by atoms with Gasteiger partial charge in [0, 0.05) is 29.4 Å². The van der Waals surface area contributed by atoms with Crippen molar-refractivity contribution in [3.63, 3.8) is 0 Å². The van der Waals surface area contributed by atoms with E-state index in [0.717, 1.165) is 5.06 Å². The summed E-state index contributed by atoms with van der Waals surface area (Å²) < 4.78 is 44.7. The van der Waals surface area contributed by atoms with E-state index in [-0.39, 0.29) is 34.6 Å². The third-order valence-electron chi connectivity index (χ3n) is 5.30. The van der Waals surface area contributed by atoms with Gasteiger partial charge in [-0.3, -0.25) is 9.82 Å². The van der Waals surface area contributed by atoms with Gasteiger partial charge in [0.2, 0.25) is 0 Å². The Morgan fingerprint density at radius 2 is 2.03 bits per heavy atom. The summed E-state index contributed by atoms with van der Waals surface area (Å²) in [7, 11) is 0. The van der Waals surface area contributed by atoms with Gasteiger partial charge in [0.25, 0.3) is 0 Å². The number of pyridine rings is 1. The van der Waals surface area contributed by atoms with Gasteiger partial charge < -0.3 is 4.90 Å². The van der Waals surface area contributed by atoms with Crippen LogP contribution in [-0.4, -0.2) is 41.3 Å². The van der Waals surface area contributed by atoms with Crippen LogP contribution in [0.3, 0.4) is 0 Å². The number of halogens is 4. The Kier molecular flexibility index (Phi) is 4.94. The van der Waals surface area contributed by atoms with Gasteiger partial charge in [-0.2, -0.15) is 18.2 Å². The first-order chi connectivity index (χ1) is 13.8. The number of amides is 2. The normalized spacial score (nSPS) is 22.4. The second kappa shape index (κ2) is 7.18. The molecule has 0 spiro atoms. The lowest BCUT2D eigenvalue weighted by molar-refractivity contribution is -0.182. The molecule has 2 heterocycles. The quantitative estimate of drug-likeness (QED) is 0.697. The largest absolute Gasteiger partial charge is 0.405 e. The Bertz CT molecular complexity index is 921. The zero-order chi connectivity index (χ0) is 20.8. The molecule has 1 aromatic heterocycles. The van der Waals surface area contributed by atoms with Crippen LogP contribution in [0.15, 0.2) is 42.6 Å². The van der Waals surface area contributed by atoms with Gasteiger partial charge in [0.15, 0.2) is 5.41 Å². The Hall–Kier alpha value is -2.32. The summed E-state index contributed by atoms with van der Waals surface area (Å²) in [5.41, 5.74) is -2.86. The van der Waals surface area contributed by atoms with Crippen LogP contribution in [0.5, 0.6) is 0 Å². The Labute approximate surface area is 171 Å². The Morgan fingerprint density at radius 1 is 1.28 bits per heavy atom. The number of urea groups is 1. The molecule has 4 rings (SSSR count). The third kappa shape index (κ3) is 3.24. The minimum atomic E-state index is -4.74. The lowest BCUT2D eigenvalue weighted by Gasteiger charge is -2.38. The molecule has 1 aliphatic heterocycles. The molecule has 1 saturated carbocycles. The van der Waals surface area contributed by atoms with Crippen LogP contribution in [0.25, 0.3) is 0 Å². The number of carbonyl (C=O) groups is 1. The van der Waals surface area contributed by atoms with Crippen LogP contribution >= 0.6 is 11.6 Å². The fourth-order valence-electron chi connectivity index (χ4n) is 3.80. The van der Waals surface area contributed by atoms with E-state index in [9.17, 15) is 18.0 Å². The highest BCUT2D eigenvalue weighted by Gasteiger charge is 2.63. The zero-order valence-corrected chi connectivity index (χ0v) is 16.4. The molecule has 0 saturated heterocycles. The number of carbonyl (C=O) groups excluding carboxylic acids is 1. The number of rotatable bonds is 4. The van der Waals surface area contributed by atoms with E-state index in [0.29, 0.717) is 12.8 Å². The van der Waals surface area contributed by atoms with E-state index < -0.39 is 24.2 Å². The highest BCUT2D eigenvalue weighted by Crippen LogP contribution is 2.52. The highest BCUT2D eigenvalue weighted by molar-refractivity contribution is 6.30. The van der Waals surface area contributed by atoms with E-state index in [4.69, 9.17) is 16.4 Å². The molecule has 2 aliphatic rings. The number of hydroxylamine groups is 1. The Morgan fingerprint density at radius 3 is 2.62 bits per heavy atom. The molecule has 0 bridgehead atoms. The molecule has 5 nitrogen and oxygen atoms in total. The monoisotopic (exact) mass is 425 g/mol. The SMILES string of the molecule is CCON1C(=O)N(C2CC2)C[C@](c2ccccn2)(C(F)(F)F)c2cc(Cl)ccc21. The number of anilines is 1. The van der Waals surface area contributed by atoms with Crippen molar-refractivity contribution in [3.8, 4) is 0 Å². The van der Waals surface area contributed by atoms with Gasteiger partial charge in [0.1, 0.15) is 0 Å². The predicted octanol–water partition coefficient (Wildman–Crippen LogP) is 4.94. The van der Waals surface area contributed by atoms with Crippen LogP contribution in [0.1, 0.15) is 31.0 Å². The first kappa shape index (κ1) is 20.0. The highest BCUT2D eigenvalue weighted by atomic mass is 35.5. The smallest absolute Gasteiger partial charge is 0.318 e. The van der Waals surface area contributed by atoms with Crippen LogP contribution in [-0.2, 0) is 10.3 Å². The van der Waals surface area contributed by atoms with Gasteiger partial charge in [-0.1, -0.05) is 17.7 Å². The topological polar surface area (TPSA) is 45.7 Å². The first-order valence-corrected chi connectivity index (χ1v) is 9.69. The maximum Gasteiger partial charge on any atom is 0.405 e. The van der Waals surface area contributed by atoms with Crippen LogP contribution in [0, 0.1) is 0 Å². The summed E-state index contributed by atoms with van der Waals surface area (Å²) in [6.45, 7) is 1.20. The summed E-state index contributed by atoms with van der Waals surface area (Å²) >= 11 is 6.12. The number of fused-ring (bicyclic) bond motifs is 1. The van der Waals surface area contributed by atoms with Gasteiger partial charge in [-0.25, -0.2) is 4.79 Å². The maximum absolute atomic E-state index is 14.9. The van der Waals surface area contributed by atoms with E-state index in [2.05, 4.69) is 4.98 Å². The molecule has 1 aliphatic carbocycles. The van der Waals surface area contributed by atoms with Crippen molar-refractivity contribution in [1.82, 2.24) is 9.88 Å². The van der Waals surface area contributed by atoms with Crippen molar-refractivity contribution in [2.45, 2.75) is 37.4 Å². The summed E-state index contributed by atoms with van der Waals surface area (Å²) in [4.78, 5) is 24.0. The van der Waals surface area contributed by atoms with Crippen molar-refractivity contribution in [3.05, 3.63) is 58.9 Å². The maximum atomic E-state index is 14.9. The number of hydrogen-bond donors (Lipinski definition) is 0. The van der Waals surface area contributed by atoms with Crippen molar-refractivity contribution in [1.29, 1.82) is 0 Å². The van der Waals surface area contributed by atoms with Crippen molar-refractivity contribution >= 4 is 23.3 Å². The van der Waals surface area contributed by atoms with Gasteiger partial charge in [-0.05, 0) is 50.1 Å². The standard InChI is InChI=1S/C20H19ClF3N3O2/c1-2-29-27-16-9-6-13(21)11-15(16)19(20(22,23)24,17-5-3-4-10-25-17)12-26(18(27)28)14-7-8-14/h3-6,9-11,14H,2,7-8,12H2,1H3/t19-/m0/s1. The fraction of sp³-hybridized carbons (Fsp3) is 0.400. The molecule has 2 aromatic rings. The molecular formula is C20H19ClF3N3O2. The number of hydrogen-bond acceptors (Lipinski definition) is 3. The molecule has 0 unspecified atom stereocenters. The van der Waals surface area contributed by atoms with Gasteiger partial charge >= 0.3 is 12.2 Å². The number of aromatic nitrogens is 1. The van der Waals surface area contributed by atoms with Crippen LogP contribution in [0.4, 0.5) is 23.7 Å². The van der Waals surface area contributed by atoms with E-state index in [1.54, 1.807) is 13.0 Å². The number of benzene rings is 1. The van der Waals surface area contributed by atoms with Crippen molar-refractivity contribution in [2.75, 3.05) is 18.2 Å². The second-order valence-electron chi connectivity index (χ2n) is 7.13. The average Bonchev–Trinajstić information content (AvgIpc) is 3.52. The summed E-state index contributed by atoms with van der Waals surface area (Å²) in [6, 6.07) is 7.63. The molecule has 1 aromatic carbocycles. The van der Waals surface area contributed by atoms with Gasteiger partial charge in [-0.15, -0.1) is 0 Å². The lowest BCUT2D eigenvalue weighted by Crippen LogP contribution is -2.53. The van der Waals surface area contributed by atoms with Gasteiger partial charge in [0.05, 0.1) is 18.0 Å². The average molecular weight is 426 g/mol. The lowest BCUT2D eigenvalue weighted by atomic mass is 9.75. The molecule has 0 radical (unpaired) electrons. The Balaban J connectivity index is 2.06. The molecule has 2 amide bonds. The first-order valence-electron chi connectivity index (χ1n) is 9.31. The van der Waals surface area contributed by atoms with Crippen LogP contribution < -0.4 is 5.06 Å². The van der Waals surface area contributed by atoms with Crippen molar-refractivity contribution in [2.24, 2.45) is 0 Å². The minimum Gasteiger partial charge on any atom is -0.318 e. The molecule has 29 heavy (non-hydrogen) atoms. The molecular weight excluding hydrogens is 407 g/mol. The number of alkyl halides is 3. The molecule has 0 N–H and O–H groups in total. The van der Waals surface area contributed by atoms with Crippen molar-refractivity contribution < 1.29 is 22.8 Å². The summed E-state index contributed by atoms with van der Waals surface area (Å²) in [5, 5.41) is 1.09. The predicted molar refractivity (Wildman–Crippen MR) is 102 cm³/mol. The van der Waals surface area contributed by atoms with E-state index in [1.165, 1.54) is 41.4 Å². The molecule has 1 atom stereocenters. The molecule has 154 valence electrons. The van der Waals surface area contributed by atoms with E-state index >= 15 is 0 Å². The van der Waals surface area contributed by atoms with E-state index in [1.807, 2.05) is 0 Å². The van der Waals surface area contributed by atoms with Crippen LogP contribution in [0.2, 0.25) is 5.02 Å².